The molecule has 3 nitrogen and oxygen atoms in total. The Bertz CT molecular complexity index is 356. The van der Waals surface area contributed by atoms with Crippen molar-refractivity contribution in [1.82, 2.24) is 4.98 Å². The van der Waals surface area contributed by atoms with E-state index in [9.17, 15) is 0 Å². The molecule has 0 saturated carbocycles. The van der Waals surface area contributed by atoms with Crippen LogP contribution in [0.1, 0.15) is 13.8 Å². The van der Waals surface area contributed by atoms with Gasteiger partial charge in [-0.05, 0) is 12.0 Å². The predicted molar refractivity (Wildman–Crippen MR) is 72.3 cm³/mol. The van der Waals surface area contributed by atoms with Gasteiger partial charge in [-0.1, -0.05) is 23.1 Å². The standard InChI is InChI=1S/C9H13IN3P/c1-5(2)9-12-6-3-8(14)11-4-7(6)13(9)10/h3-5,9,12H,14H2,1-2H3. The van der Waals surface area contributed by atoms with Crippen molar-refractivity contribution in [2.45, 2.75) is 20.0 Å². The number of nitrogens with one attached hydrogen (secondary N) is 1. The van der Waals surface area contributed by atoms with Gasteiger partial charge in [0, 0.05) is 0 Å². The van der Waals surface area contributed by atoms with Crippen molar-refractivity contribution in [3.05, 3.63) is 12.3 Å². The lowest BCUT2D eigenvalue weighted by atomic mass is 10.2. The van der Waals surface area contributed by atoms with Gasteiger partial charge in [0.1, 0.15) is 6.17 Å². The minimum Gasteiger partial charge on any atom is -0.363 e. The van der Waals surface area contributed by atoms with Crippen LogP contribution in [0, 0.1) is 5.92 Å². The normalized spacial score (nSPS) is 19.8. The lowest BCUT2D eigenvalue weighted by Crippen LogP contribution is -2.32. The molecule has 1 aliphatic rings. The molecular formula is C9H13IN3P. The Labute approximate surface area is 100 Å². The molecule has 0 radical (unpaired) electrons. The maximum Gasteiger partial charge on any atom is 0.111 e. The van der Waals surface area contributed by atoms with Gasteiger partial charge in [-0.2, -0.15) is 0 Å². The number of pyridine rings is 1. The molecule has 0 aromatic carbocycles. The summed E-state index contributed by atoms with van der Waals surface area (Å²) in [5.41, 5.74) is 3.33. The zero-order valence-corrected chi connectivity index (χ0v) is 11.5. The summed E-state index contributed by atoms with van der Waals surface area (Å²) in [6.45, 7) is 4.43. The number of fused-ring (bicyclic) bond motifs is 1. The summed E-state index contributed by atoms with van der Waals surface area (Å²) in [6.07, 6.45) is 2.29. The monoisotopic (exact) mass is 321 g/mol. The van der Waals surface area contributed by atoms with Gasteiger partial charge in [0.05, 0.1) is 45.9 Å². The van der Waals surface area contributed by atoms with E-state index in [-0.39, 0.29) is 0 Å². The molecule has 2 rings (SSSR count). The van der Waals surface area contributed by atoms with Gasteiger partial charge in [0.2, 0.25) is 0 Å². The summed E-state index contributed by atoms with van der Waals surface area (Å²) < 4.78 is 2.22. The van der Waals surface area contributed by atoms with Crippen LogP contribution in [-0.2, 0) is 0 Å². The Morgan fingerprint density at radius 2 is 2.36 bits per heavy atom. The van der Waals surface area contributed by atoms with Gasteiger partial charge >= 0.3 is 0 Å². The number of halogens is 1. The molecule has 0 saturated heterocycles. The van der Waals surface area contributed by atoms with Crippen LogP contribution in [0.2, 0.25) is 0 Å². The van der Waals surface area contributed by atoms with Gasteiger partial charge in [-0.3, -0.25) is 8.10 Å². The molecule has 2 heterocycles. The molecule has 76 valence electrons. The predicted octanol–water partition coefficient (Wildman–Crippen LogP) is 2.15. The molecule has 1 aliphatic heterocycles. The molecule has 0 aliphatic carbocycles. The minimum absolute atomic E-state index is 0.374. The van der Waals surface area contributed by atoms with E-state index in [2.05, 4.69) is 65.4 Å². The van der Waals surface area contributed by atoms with E-state index >= 15 is 0 Å². The van der Waals surface area contributed by atoms with Crippen LogP contribution in [0.3, 0.4) is 0 Å². The highest BCUT2D eigenvalue weighted by molar-refractivity contribution is 14.1. The molecule has 14 heavy (non-hydrogen) atoms. The Morgan fingerprint density at radius 3 is 3.00 bits per heavy atom. The number of rotatable bonds is 1. The van der Waals surface area contributed by atoms with Gasteiger partial charge in [0.15, 0.2) is 0 Å². The summed E-state index contributed by atoms with van der Waals surface area (Å²) >= 11 is 2.34. The number of hydrogen-bond acceptors (Lipinski definition) is 3. The Morgan fingerprint density at radius 1 is 1.64 bits per heavy atom. The van der Waals surface area contributed by atoms with E-state index in [1.54, 1.807) is 0 Å². The second-order valence-corrected chi connectivity index (χ2v) is 5.40. The third-order valence-corrected chi connectivity index (χ3v) is 3.75. The Kier molecular flexibility index (Phi) is 2.84. The molecular weight excluding hydrogens is 308 g/mol. The average Bonchev–Trinajstić information content (AvgIpc) is 2.43. The maximum absolute atomic E-state index is 4.27. The first kappa shape index (κ1) is 10.4. The molecule has 1 N–H and O–H groups in total. The average molecular weight is 321 g/mol. The SMILES string of the molecule is CC(C)C1Nc2cc(P)ncc2N1I. The number of hydrogen-bond donors (Lipinski definition) is 1. The summed E-state index contributed by atoms with van der Waals surface area (Å²) in [7, 11) is 2.62. The smallest absolute Gasteiger partial charge is 0.111 e. The highest BCUT2D eigenvalue weighted by Crippen LogP contribution is 2.38. The lowest BCUT2D eigenvalue weighted by Gasteiger charge is -2.22. The van der Waals surface area contributed by atoms with Gasteiger partial charge in [-0.15, -0.1) is 0 Å². The van der Waals surface area contributed by atoms with Crippen molar-refractivity contribution in [3.63, 3.8) is 0 Å². The van der Waals surface area contributed by atoms with Crippen LogP contribution in [0.4, 0.5) is 11.4 Å². The quantitative estimate of drug-likeness (QED) is 0.488. The van der Waals surface area contributed by atoms with E-state index in [1.165, 1.54) is 11.4 Å². The van der Waals surface area contributed by atoms with Crippen molar-refractivity contribution >= 4 is 48.9 Å². The highest BCUT2D eigenvalue weighted by atomic mass is 127. The van der Waals surface area contributed by atoms with E-state index in [0.29, 0.717) is 12.1 Å². The number of aromatic nitrogens is 1. The highest BCUT2D eigenvalue weighted by Gasteiger charge is 2.29. The molecule has 0 bridgehead atoms. The van der Waals surface area contributed by atoms with Crippen LogP contribution in [0.15, 0.2) is 12.3 Å². The van der Waals surface area contributed by atoms with E-state index < -0.39 is 0 Å². The second-order valence-electron chi connectivity index (χ2n) is 3.77. The van der Waals surface area contributed by atoms with E-state index in [0.717, 1.165) is 5.44 Å². The van der Waals surface area contributed by atoms with Crippen LogP contribution < -0.4 is 13.9 Å². The third kappa shape index (κ3) is 1.70. The zero-order chi connectivity index (χ0) is 10.3. The summed E-state index contributed by atoms with van der Waals surface area (Å²) in [5, 5.41) is 3.49. The largest absolute Gasteiger partial charge is 0.363 e. The number of anilines is 2. The fourth-order valence-electron chi connectivity index (χ4n) is 1.54. The molecule has 2 unspecified atom stereocenters. The topological polar surface area (TPSA) is 28.2 Å². The van der Waals surface area contributed by atoms with Crippen LogP contribution in [0.25, 0.3) is 0 Å². The molecule has 5 heteroatoms. The summed E-state index contributed by atoms with van der Waals surface area (Å²) in [6, 6.07) is 2.06. The van der Waals surface area contributed by atoms with Crippen LogP contribution >= 0.6 is 32.1 Å². The molecule has 0 amide bonds. The third-order valence-electron chi connectivity index (χ3n) is 2.31. The van der Waals surface area contributed by atoms with Crippen molar-refractivity contribution in [1.29, 1.82) is 0 Å². The molecule has 1 aromatic rings. The first-order valence-corrected chi connectivity index (χ1v) is 6.11. The van der Waals surface area contributed by atoms with E-state index in [1.807, 2.05) is 6.20 Å². The summed E-state index contributed by atoms with van der Waals surface area (Å²) in [5.74, 6) is 0.576. The fraction of sp³-hybridized carbons (Fsp3) is 0.444. The molecule has 0 spiro atoms. The van der Waals surface area contributed by atoms with E-state index in [4.69, 9.17) is 0 Å². The van der Waals surface area contributed by atoms with Crippen molar-refractivity contribution in [2.24, 2.45) is 5.92 Å². The van der Waals surface area contributed by atoms with Gasteiger partial charge in [0.25, 0.3) is 0 Å². The maximum atomic E-state index is 4.27. The number of nitrogens with zero attached hydrogens (tertiary/aromatic N) is 2. The Balaban J connectivity index is 2.35. The first-order chi connectivity index (χ1) is 6.59. The molecule has 1 aromatic heterocycles. The molecule has 2 atom stereocenters. The van der Waals surface area contributed by atoms with Crippen LogP contribution in [-0.4, -0.2) is 11.1 Å². The summed E-state index contributed by atoms with van der Waals surface area (Å²) in [4.78, 5) is 4.27. The molecule has 0 fully saturated rings. The van der Waals surface area contributed by atoms with Crippen molar-refractivity contribution in [2.75, 3.05) is 8.43 Å². The zero-order valence-electron chi connectivity index (χ0n) is 8.16. The van der Waals surface area contributed by atoms with Crippen molar-refractivity contribution in [3.8, 4) is 0 Å². The Hall–Kier alpha value is -0.0900. The lowest BCUT2D eigenvalue weighted by molar-refractivity contribution is 0.565. The van der Waals surface area contributed by atoms with Gasteiger partial charge in [-0.25, -0.2) is 0 Å². The van der Waals surface area contributed by atoms with Crippen LogP contribution in [0.5, 0.6) is 0 Å². The fourth-order valence-corrected chi connectivity index (χ4v) is 2.95. The van der Waals surface area contributed by atoms with Gasteiger partial charge < -0.3 is 5.32 Å². The van der Waals surface area contributed by atoms with Crippen molar-refractivity contribution < 1.29 is 0 Å². The second kappa shape index (κ2) is 3.81. The minimum atomic E-state index is 0.374. The first-order valence-electron chi connectivity index (χ1n) is 4.56.